The first-order valence-electron chi connectivity index (χ1n) is 8.91. The van der Waals surface area contributed by atoms with Crippen LogP contribution in [0.1, 0.15) is 45.4 Å². The Hall–Kier alpha value is -0.160. The largest absolute Gasteiger partial charge is 0.383 e. The SMILES string of the molecule is CCCNC1CC2CCCC(C1)N2CCN(C)CCOC. The normalized spacial score (nSPS) is 30.0. The smallest absolute Gasteiger partial charge is 0.0589 e. The monoisotopic (exact) mass is 297 g/mol. The Bertz CT molecular complexity index is 273. The summed E-state index contributed by atoms with van der Waals surface area (Å²) in [6.07, 6.45) is 8.22. The minimum atomic E-state index is 0.766. The molecule has 2 atom stereocenters. The van der Waals surface area contributed by atoms with Gasteiger partial charge in [0.1, 0.15) is 0 Å². The van der Waals surface area contributed by atoms with E-state index in [4.69, 9.17) is 4.74 Å². The number of nitrogens with zero attached hydrogens (tertiary/aromatic N) is 2. The molecule has 2 aliphatic rings. The fourth-order valence-corrected chi connectivity index (χ4v) is 4.00. The Morgan fingerprint density at radius 1 is 1.19 bits per heavy atom. The average Bonchev–Trinajstić information content (AvgIpc) is 2.48. The lowest BCUT2D eigenvalue weighted by Gasteiger charge is -2.49. The maximum absolute atomic E-state index is 5.17. The number of nitrogens with one attached hydrogen (secondary N) is 1. The Kier molecular flexibility index (Phi) is 7.44. The summed E-state index contributed by atoms with van der Waals surface area (Å²) in [6.45, 7) is 7.73. The Labute approximate surface area is 131 Å². The lowest BCUT2D eigenvalue weighted by atomic mass is 9.81. The first-order chi connectivity index (χ1) is 10.2. The summed E-state index contributed by atoms with van der Waals surface area (Å²) in [5.74, 6) is 0. The summed E-state index contributed by atoms with van der Waals surface area (Å²) in [5, 5.41) is 3.76. The molecule has 4 nitrogen and oxygen atoms in total. The summed E-state index contributed by atoms with van der Waals surface area (Å²) in [7, 11) is 4.00. The van der Waals surface area contributed by atoms with Gasteiger partial charge in [-0.2, -0.15) is 0 Å². The van der Waals surface area contributed by atoms with Gasteiger partial charge in [-0.3, -0.25) is 4.90 Å². The van der Waals surface area contributed by atoms with Crippen molar-refractivity contribution in [2.45, 2.75) is 63.6 Å². The van der Waals surface area contributed by atoms with Crippen molar-refractivity contribution in [1.82, 2.24) is 15.1 Å². The van der Waals surface area contributed by atoms with Gasteiger partial charge in [0.15, 0.2) is 0 Å². The number of hydrogen-bond acceptors (Lipinski definition) is 4. The van der Waals surface area contributed by atoms with Crippen molar-refractivity contribution in [2.75, 3.05) is 46.9 Å². The van der Waals surface area contributed by atoms with Crippen LogP contribution in [0.25, 0.3) is 0 Å². The number of piperidine rings is 2. The van der Waals surface area contributed by atoms with Crippen LogP contribution in [-0.4, -0.2) is 74.9 Å². The molecule has 0 aromatic heterocycles. The van der Waals surface area contributed by atoms with Crippen LogP contribution in [0.15, 0.2) is 0 Å². The molecular weight excluding hydrogens is 262 g/mol. The van der Waals surface area contributed by atoms with Crippen LogP contribution in [0.4, 0.5) is 0 Å². The third kappa shape index (κ3) is 5.20. The van der Waals surface area contributed by atoms with Crippen molar-refractivity contribution in [3.8, 4) is 0 Å². The number of hydrogen-bond donors (Lipinski definition) is 1. The fourth-order valence-electron chi connectivity index (χ4n) is 4.00. The van der Waals surface area contributed by atoms with E-state index in [9.17, 15) is 0 Å². The molecule has 0 amide bonds. The van der Waals surface area contributed by atoms with E-state index >= 15 is 0 Å². The number of methoxy groups -OCH3 is 1. The average molecular weight is 297 g/mol. The highest BCUT2D eigenvalue weighted by Gasteiger charge is 2.37. The number of likely N-dealkylation sites (N-methyl/N-ethyl adjacent to an activating group) is 1. The topological polar surface area (TPSA) is 27.7 Å². The van der Waals surface area contributed by atoms with E-state index in [1.54, 1.807) is 7.11 Å². The molecule has 2 unspecified atom stereocenters. The minimum absolute atomic E-state index is 0.766. The molecule has 0 radical (unpaired) electrons. The third-order valence-corrected chi connectivity index (χ3v) is 5.23. The zero-order valence-corrected chi connectivity index (χ0v) is 14.3. The second-order valence-electron chi connectivity index (χ2n) is 6.89. The maximum atomic E-state index is 5.17. The molecule has 21 heavy (non-hydrogen) atoms. The highest BCUT2D eigenvalue weighted by molar-refractivity contribution is 4.95. The zero-order chi connectivity index (χ0) is 15.1. The quantitative estimate of drug-likeness (QED) is 0.704. The molecular formula is C17H35N3O. The van der Waals surface area contributed by atoms with Crippen molar-refractivity contribution < 1.29 is 4.74 Å². The first kappa shape index (κ1) is 17.2. The Balaban J connectivity index is 1.78. The molecule has 2 saturated heterocycles. The van der Waals surface area contributed by atoms with Crippen molar-refractivity contribution in [3.63, 3.8) is 0 Å². The van der Waals surface area contributed by atoms with Crippen molar-refractivity contribution in [2.24, 2.45) is 0 Å². The van der Waals surface area contributed by atoms with E-state index in [0.717, 1.165) is 31.3 Å². The maximum Gasteiger partial charge on any atom is 0.0589 e. The first-order valence-corrected chi connectivity index (χ1v) is 8.91. The highest BCUT2D eigenvalue weighted by atomic mass is 16.5. The van der Waals surface area contributed by atoms with Crippen LogP contribution in [-0.2, 0) is 4.74 Å². The summed E-state index contributed by atoms with van der Waals surface area (Å²) in [5.41, 5.74) is 0. The molecule has 4 heteroatoms. The lowest BCUT2D eigenvalue weighted by molar-refractivity contribution is 0.0176. The van der Waals surface area contributed by atoms with E-state index in [0.29, 0.717) is 0 Å². The van der Waals surface area contributed by atoms with E-state index in [2.05, 4.69) is 29.1 Å². The van der Waals surface area contributed by atoms with E-state index < -0.39 is 0 Å². The van der Waals surface area contributed by atoms with Gasteiger partial charge < -0.3 is 15.0 Å². The molecule has 0 saturated carbocycles. The summed E-state index contributed by atoms with van der Waals surface area (Å²) in [6, 6.07) is 2.41. The number of ether oxygens (including phenoxy) is 1. The predicted molar refractivity (Wildman–Crippen MR) is 88.8 cm³/mol. The van der Waals surface area contributed by atoms with E-state index in [1.165, 1.54) is 58.2 Å². The molecule has 1 N–H and O–H groups in total. The van der Waals surface area contributed by atoms with E-state index in [-0.39, 0.29) is 0 Å². The van der Waals surface area contributed by atoms with Gasteiger partial charge in [-0.15, -0.1) is 0 Å². The standard InChI is InChI=1S/C17H35N3O/c1-4-8-18-15-13-16-6-5-7-17(14-15)20(16)10-9-19(2)11-12-21-3/h15-18H,4-14H2,1-3H3. The van der Waals surface area contributed by atoms with Crippen LogP contribution < -0.4 is 5.32 Å². The van der Waals surface area contributed by atoms with Gasteiger partial charge in [-0.05, 0) is 45.7 Å². The Morgan fingerprint density at radius 2 is 1.90 bits per heavy atom. The minimum Gasteiger partial charge on any atom is -0.383 e. The van der Waals surface area contributed by atoms with Crippen LogP contribution in [0.5, 0.6) is 0 Å². The van der Waals surface area contributed by atoms with Gasteiger partial charge in [-0.1, -0.05) is 13.3 Å². The summed E-state index contributed by atoms with van der Waals surface area (Å²) >= 11 is 0. The van der Waals surface area contributed by atoms with Crippen LogP contribution in [0.3, 0.4) is 0 Å². The molecule has 2 fully saturated rings. The summed E-state index contributed by atoms with van der Waals surface area (Å²) in [4.78, 5) is 5.22. The second-order valence-corrected chi connectivity index (χ2v) is 6.89. The molecule has 2 rings (SSSR count). The van der Waals surface area contributed by atoms with Gasteiger partial charge in [0.05, 0.1) is 6.61 Å². The van der Waals surface area contributed by atoms with Gasteiger partial charge in [0.25, 0.3) is 0 Å². The lowest BCUT2D eigenvalue weighted by Crippen LogP contribution is -2.57. The van der Waals surface area contributed by atoms with Crippen LogP contribution >= 0.6 is 0 Å². The molecule has 2 heterocycles. The van der Waals surface area contributed by atoms with Gasteiger partial charge in [0, 0.05) is 44.9 Å². The molecule has 2 aliphatic heterocycles. The van der Waals surface area contributed by atoms with Gasteiger partial charge in [0.2, 0.25) is 0 Å². The summed E-state index contributed by atoms with van der Waals surface area (Å²) < 4.78 is 5.17. The Morgan fingerprint density at radius 3 is 2.52 bits per heavy atom. The second kappa shape index (κ2) is 9.09. The van der Waals surface area contributed by atoms with Gasteiger partial charge >= 0.3 is 0 Å². The molecule has 0 spiro atoms. The molecule has 0 aliphatic carbocycles. The molecule has 0 aromatic carbocycles. The fraction of sp³-hybridized carbons (Fsp3) is 1.00. The highest BCUT2D eigenvalue weighted by Crippen LogP contribution is 2.33. The molecule has 2 bridgehead atoms. The molecule has 0 aromatic rings. The molecule has 124 valence electrons. The van der Waals surface area contributed by atoms with Crippen LogP contribution in [0, 0.1) is 0 Å². The van der Waals surface area contributed by atoms with Crippen molar-refractivity contribution in [3.05, 3.63) is 0 Å². The number of fused-ring (bicyclic) bond motifs is 2. The van der Waals surface area contributed by atoms with Crippen molar-refractivity contribution >= 4 is 0 Å². The third-order valence-electron chi connectivity index (χ3n) is 5.23. The zero-order valence-electron chi connectivity index (χ0n) is 14.3. The van der Waals surface area contributed by atoms with Crippen molar-refractivity contribution in [1.29, 1.82) is 0 Å². The van der Waals surface area contributed by atoms with E-state index in [1.807, 2.05) is 0 Å². The predicted octanol–water partition coefficient (Wildman–Crippen LogP) is 1.95. The number of rotatable bonds is 9. The van der Waals surface area contributed by atoms with Gasteiger partial charge in [-0.25, -0.2) is 0 Å². The van der Waals surface area contributed by atoms with Crippen LogP contribution in [0.2, 0.25) is 0 Å².